The SMILES string of the molecule is CC(COS(C)(=O)=O)OC1CCN1C(=O)OC(C)(C)C. The third-order valence-corrected chi connectivity index (χ3v) is 3.06. The number of ether oxygens (including phenoxy) is 2. The zero-order valence-electron chi connectivity index (χ0n) is 12.6. The van der Waals surface area contributed by atoms with E-state index < -0.39 is 27.9 Å². The second-order valence-corrected chi connectivity index (χ2v) is 7.50. The second kappa shape index (κ2) is 6.28. The van der Waals surface area contributed by atoms with Crippen LogP contribution in [0.15, 0.2) is 0 Å². The molecule has 118 valence electrons. The van der Waals surface area contributed by atoms with Crippen LogP contribution in [0.5, 0.6) is 0 Å². The maximum absolute atomic E-state index is 11.8. The Morgan fingerprint density at radius 3 is 2.40 bits per heavy atom. The number of carbonyl (C=O) groups is 1. The van der Waals surface area contributed by atoms with Gasteiger partial charge in [0.15, 0.2) is 0 Å². The molecule has 0 saturated carbocycles. The van der Waals surface area contributed by atoms with Crippen LogP contribution in [-0.2, 0) is 23.8 Å². The summed E-state index contributed by atoms with van der Waals surface area (Å²) in [6, 6.07) is 0. The van der Waals surface area contributed by atoms with Crippen molar-refractivity contribution in [3.8, 4) is 0 Å². The summed E-state index contributed by atoms with van der Waals surface area (Å²) in [5.41, 5.74) is -0.553. The van der Waals surface area contributed by atoms with E-state index in [2.05, 4.69) is 4.18 Å². The first-order valence-electron chi connectivity index (χ1n) is 6.47. The van der Waals surface area contributed by atoms with Crippen LogP contribution in [0.3, 0.4) is 0 Å². The average molecular weight is 309 g/mol. The van der Waals surface area contributed by atoms with Crippen molar-refractivity contribution in [3.63, 3.8) is 0 Å². The normalized spacial score (nSPS) is 21.2. The molecule has 0 bridgehead atoms. The molecule has 2 atom stereocenters. The van der Waals surface area contributed by atoms with Gasteiger partial charge in [-0.05, 0) is 27.7 Å². The van der Waals surface area contributed by atoms with Gasteiger partial charge in [0.05, 0.1) is 19.0 Å². The minimum atomic E-state index is -3.48. The lowest BCUT2D eigenvalue weighted by atomic mass is 10.2. The summed E-state index contributed by atoms with van der Waals surface area (Å²) in [4.78, 5) is 13.3. The molecule has 1 saturated heterocycles. The molecule has 0 aromatic rings. The van der Waals surface area contributed by atoms with Gasteiger partial charge in [0, 0.05) is 13.0 Å². The van der Waals surface area contributed by atoms with Gasteiger partial charge in [-0.3, -0.25) is 9.08 Å². The maximum atomic E-state index is 11.8. The topological polar surface area (TPSA) is 82.1 Å². The molecule has 0 radical (unpaired) electrons. The highest BCUT2D eigenvalue weighted by atomic mass is 32.2. The minimum Gasteiger partial charge on any atom is -0.444 e. The van der Waals surface area contributed by atoms with E-state index in [1.54, 1.807) is 27.7 Å². The standard InChI is InChI=1S/C12H23NO6S/c1-9(8-17-20(5,15)16)18-10-6-7-13(10)11(14)19-12(2,3)4/h9-10H,6-8H2,1-5H3. The van der Waals surface area contributed by atoms with Crippen LogP contribution in [0.2, 0.25) is 0 Å². The van der Waals surface area contributed by atoms with Crippen LogP contribution in [0.4, 0.5) is 4.79 Å². The molecule has 0 aromatic heterocycles. The fraction of sp³-hybridized carbons (Fsp3) is 0.917. The summed E-state index contributed by atoms with van der Waals surface area (Å²) in [6.07, 6.45) is 0.436. The van der Waals surface area contributed by atoms with Gasteiger partial charge >= 0.3 is 6.09 Å². The molecule has 2 unspecified atom stereocenters. The molecule has 0 aromatic carbocycles. The number of amides is 1. The maximum Gasteiger partial charge on any atom is 0.412 e. The highest BCUT2D eigenvalue weighted by Crippen LogP contribution is 2.23. The Labute approximate surface area is 120 Å². The molecule has 1 aliphatic rings. The van der Waals surface area contributed by atoms with Crippen LogP contribution in [0, 0.1) is 0 Å². The molecule has 20 heavy (non-hydrogen) atoms. The fourth-order valence-corrected chi connectivity index (χ4v) is 2.00. The molecule has 1 heterocycles. The molecule has 0 spiro atoms. The van der Waals surface area contributed by atoms with Crippen LogP contribution >= 0.6 is 0 Å². The number of likely N-dealkylation sites (tertiary alicyclic amines) is 1. The van der Waals surface area contributed by atoms with Crippen molar-refractivity contribution in [1.82, 2.24) is 4.90 Å². The third-order valence-electron chi connectivity index (χ3n) is 2.50. The fourth-order valence-electron chi connectivity index (χ4n) is 1.56. The summed E-state index contributed by atoms with van der Waals surface area (Å²) in [6.45, 7) is 7.57. The molecule has 0 N–H and O–H groups in total. The molecule has 7 nitrogen and oxygen atoms in total. The van der Waals surface area contributed by atoms with E-state index in [4.69, 9.17) is 9.47 Å². The van der Waals surface area contributed by atoms with Crippen molar-refractivity contribution in [2.24, 2.45) is 0 Å². The van der Waals surface area contributed by atoms with Gasteiger partial charge < -0.3 is 9.47 Å². The number of carbonyl (C=O) groups excluding carboxylic acids is 1. The van der Waals surface area contributed by atoms with Crippen molar-refractivity contribution in [2.45, 2.75) is 52.0 Å². The first-order valence-corrected chi connectivity index (χ1v) is 8.29. The van der Waals surface area contributed by atoms with E-state index >= 15 is 0 Å². The molecule has 1 fully saturated rings. The molecule has 1 rings (SSSR count). The van der Waals surface area contributed by atoms with Crippen molar-refractivity contribution in [1.29, 1.82) is 0 Å². The molecule has 1 aliphatic heterocycles. The average Bonchev–Trinajstić information content (AvgIpc) is 2.17. The highest BCUT2D eigenvalue weighted by molar-refractivity contribution is 7.85. The van der Waals surface area contributed by atoms with Crippen LogP contribution in [0.1, 0.15) is 34.1 Å². The largest absolute Gasteiger partial charge is 0.444 e. The Kier molecular flexibility index (Phi) is 5.39. The first kappa shape index (κ1) is 17.2. The van der Waals surface area contributed by atoms with Gasteiger partial charge in [0.2, 0.25) is 0 Å². The minimum absolute atomic E-state index is 0.0719. The third kappa shape index (κ3) is 6.06. The van der Waals surface area contributed by atoms with E-state index in [0.29, 0.717) is 13.0 Å². The van der Waals surface area contributed by atoms with Crippen molar-refractivity contribution in [3.05, 3.63) is 0 Å². The lowest BCUT2D eigenvalue weighted by molar-refractivity contribution is -0.147. The first-order chi connectivity index (χ1) is 8.98. The van der Waals surface area contributed by atoms with E-state index in [9.17, 15) is 13.2 Å². The van der Waals surface area contributed by atoms with Gasteiger partial charge in [0.1, 0.15) is 11.8 Å². The Balaban J connectivity index is 2.39. The van der Waals surface area contributed by atoms with Crippen LogP contribution in [0.25, 0.3) is 0 Å². The van der Waals surface area contributed by atoms with Gasteiger partial charge in [-0.15, -0.1) is 0 Å². The van der Waals surface area contributed by atoms with Crippen LogP contribution < -0.4 is 0 Å². The van der Waals surface area contributed by atoms with E-state index in [1.807, 2.05) is 0 Å². The number of hydrogen-bond acceptors (Lipinski definition) is 6. The Morgan fingerprint density at radius 1 is 1.40 bits per heavy atom. The van der Waals surface area contributed by atoms with E-state index in [1.165, 1.54) is 4.90 Å². The number of hydrogen-bond donors (Lipinski definition) is 0. The Morgan fingerprint density at radius 2 is 2.00 bits per heavy atom. The molecule has 0 aliphatic carbocycles. The van der Waals surface area contributed by atoms with Crippen LogP contribution in [-0.4, -0.2) is 56.8 Å². The van der Waals surface area contributed by atoms with Gasteiger partial charge in [-0.25, -0.2) is 4.79 Å². The van der Waals surface area contributed by atoms with Crippen molar-refractivity contribution < 1.29 is 26.9 Å². The molecular weight excluding hydrogens is 286 g/mol. The summed E-state index contributed by atoms with van der Waals surface area (Å²) >= 11 is 0. The number of rotatable bonds is 5. The number of nitrogens with zero attached hydrogens (tertiary/aromatic N) is 1. The molecule has 8 heteroatoms. The molecular formula is C12H23NO6S. The summed E-state index contributed by atoms with van der Waals surface area (Å²) in [7, 11) is -3.48. The van der Waals surface area contributed by atoms with E-state index in [-0.39, 0.29) is 12.8 Å². The van der Waals surface area contributed by atoms with Gasteiger partial charge in [-0.2, -0.15) is 8.42 Å². The lowest BCUT2D eigenvalue weighted by Crippen LogP contribution is -2.55. The highest BCUT2D eigenvalue weighted by Gasteiger charge is 2.37. The Bertz CT molecular complexity index is 441. The zero-order chi connectivity index (χ0) is 15.6. The predicted molar refractivity (Wildman–Crippen MR) is 72.7 cm³/mol. The quantitative estimate of drug-likeness (QED) is 0.713. The summed E-state index contributed by atoms with van der Waals surface area (Å²) in [5, 5.41) is 0. The monoisotopic (exact) mass is 309 g/mol. The van der Waals surface area contributed by atoms with Crippen molar-refractivity contribution >= 4 is 16.2 Å². The molecule has 1 amide bonds. The van der Waals surface area contributed by atoms with Crippen molar-refractivity contribution in [2.75, 3.05) is 19.4 Å². The second-order valence-electron chi connectivity index (χ2n) is 5.85. The predicted octanol–water partition coefficient (Wildman–Crippen LogP) is 1.33. The van der Waals surface area contributed by atoms with Gasteiger partial charge in [0.25, 0.3) is 10.1 Å². The smallest absolute Gasteiger partial charge is 0.412 e. The summed E-state index contributed by atoms with van der Waals surface area (Å²) < 4.78 is 37.2. The Hall–Kier alpha value is -0.860. The summed E-state index contributed by atoms with van der Waals surface area (Å²) in [5.74, 6) is 0. The zero-order valence-corrected chi connectivity index (χ0v) is 13.4. The lowest BCUT2D eigenvalue weighted by Gasteiger charge is -2.41. The van der Waals surface area contributed by atoms with Gasteiger partial charge in [-0.1, -0.05) is 0 Å². The van der Waals surface area contributed by atoms with E-state index in [0.717, 1.165) is 6.26 Å².